The molecule has 156 valence electrons. The summed E-state index contributed by atoms with van der Waals surface area (Å²) in [5, 5.41) is 4.31. The zero-order valence-electron chi connectivity index (χ0n) is 14.7. The highest BCUT2D eigenvalue weighted by Gasteiger charge is 2.34. The fourth-order valence-corrected chi connectivity index (χ4v) is 3.02. The molecule has 0 aromatic heterocycles. The van der Waals surface area contributed by atoms with Crippen LogP contribution in [-0.2, 0) is 21.9 Å². The molecule has 0 aliphatic heterocycles. The first kappa shape index (κ1) is 22.6. The van der Waals surface area contributed by atoms with E-state index in [0.717, 1.165) is 36.9 Å². The van der Waals surface area contributed by atoms with Crippen LogP contribution in [0.25, 0.3) is 0 Å². The summed E-state index contributed by atoms with van der Waals surface area (Å²) >= 11 is 0.753. The quantitative estimate of drug-likeness (QED) is 0.487. The number of carbonyl (C=O) groups is 2. The maximum Gasteiger partial charge on any atom is 0.418 e. The summed E-state index contributed by atoms with van der Waals surface area (Å²) in [6.07, 6.45) is -9.35. The van der Waals surface area contributed by atoms with Crippen LogP contribution in [0.15, 0.2) is 47.4 Å². The predicted molar refractivity (Wildman–Crippen MR) is 96.5 cm³/mol. The summed E-state index contributed by atoms with van der Waals surface area (Å²) < 4.78 is 77.8. The minimum atomic E-state index is -4.80. The van der Waals surface area contributed by atoms with Crippen molar-refractivity contribution in [3.8, 4) is 0 Å². The highest BCUT2D eigenvalue weighted by atomic mass is 32.2. The van der Waals surface area contributed by atoms with Gasteiger partial charge in [0.05, 0.1) is 22.6 Å². The van der Waals surface area contributed by atoms with Crippen LogP contribution in [0, 0.1) is 0 Å². The van der Waals surface area contributed by atoms with Crippen molar-refractivity contribution in [3.05, 3.63) is 53.6 Å². The third-order valence-electron chi connectivity index (χ3n) is 3.45. The van der Waals surface area contributed by atoms with Gasteiger partial charge in [0, 0.05) is 17.5 Å². The van der Waals surface area contributed by atoms with Gasteiger partial charge in [-0.2, -0.15) is 26.3 Å². The van der Waals surface area contributed by atoms with Crippen molar-refractivity contribution >= 4 is 35.0 Å². The van der Waals surface area contributed by atoms with Gasteiger partial charge < -0.3 is 10.6 Å². The maximum absolute atomic E-state index is 13.2. The average Bonchev–Trinajstić information content (AvgIpc) is 2.59. The molecule has 11 heteroatoms. The molecule has 2 rings (SSSR count). The molecular formula is C18H14F6N2O2S. The lowest BCUT2D eigenvalue weighted by atomic mass is 10.1. The lowest BCUT2D eigenvalue weighted by Gasteiger charge is -2.15. The Morgan fingerprint density at radius 2 is 1.62 bits per heavy atom. The third-order valence-corrected chi connectivity index (χ3v) is 4.44. The number of amides is 2. The SMILES string of the molecule is CC(=O)Nc1ccc(NC(=O)CSc2cccc(C(F)(F)F)c2)c(C(F)(F)F)c1. The number of anilines is 2. The monoisotopic (exact) mass is 436 g/mol. The molecule has 2 aromatic carbocycles. The average molecular weight is 436 g/mol. The molecule has 0 radical (unpaired) electrons. The van der Waals surface area contributed by atoms with Gasteiger partial charge >= 0.3 is 12.4 Å². The van der Waals surface area contributed by atoms with Gasteiger partial charge in [-0.1, -0.05) is 6.07 Å². The van der Waals surface area contributed by atoms with E-state index in [2.05, 4.69) is 10.6 Å². The van der Waals surface area contributed by atoms with Gasteiger partial charge in [0.1, 0.15) is 0 Å². The number of hydrogen-bond donors (Lipinski definition) is 2. The lowest BCUT2D eigenvalue weighted by molar-refractivity contribution is -0.138. The zero-order chi connectivity index (χ0) is 21.8. The van der Waals surface area contributed by atoms with E-state index in [0.29, 0.717) is 6.07 Å². The van der Waals surface area contributed by atoms with Gasteiger partial charge in [-0.15, -0.1) is 11.8 Å². The Morgan fingerprint density at radius 1 is 0.931 bits per heavy atom. The summed E-state index contributed by atoms with van der Waals surface area (Å²) in [4.78, 5) is 23.2. The molecule has 0 aliphatic rings. The molecular weight excluding hydrogens is 422 g/mol. The molecule has 0 heterocycles. The second-order valence-corrected chi connectivity index (χ2v) is 6.85. The van der Waals surface area contributed by atoms with Crippen LogP contribution in [0.4, 0.5) is 37.7 Å². The Balaban J connectivity index is 2.11. The molecule has 0 spiro atoms. The summed E-state index contributed by atoms with van der Waals surface area (Å²) in [6, 6.07) is 7.10. The fourth-order valence-electron chi connectivity index (χ4n) is 2.27. The number of halogens is 6. The molecule has 2 N–H and O–H groups in total. The predicted octanol–water partition coefficient (Wildman–Crippen LogP) is 5.41. The van der Waals surface area contributed by atoms with Gasteiger partial charge in [0.25, 0.3) is 0 Å². The number of rotatable bonds is 5. The Bertz CT molecular complexity index is 912. The van der Waals surface area contributed by atoms with Crippen LogP contribution >= 0.6 is 11.8 Å². The first-order chi connectivity index (χ1) is 13.4. The minimum absolute atomic E-state index is 0.0961. The van der Waals surface area contributed by atoms with Crippen molar-refractivity contribution in [1.29, 1.82) is 0 Å². The first-order valence-corrected chi connectivity index (χ1v) is 8.93. The van der Waals surface area contributed by atoms with Gasteiger partial charge in [0.2, 0.25) is 11.8 Å². The summed E-state index contributed by atoms with van der Waals surface area (Å²) in [5.74, 6) is -1.79. The molecule has 0 saturated heterocycles. The summed E-state index contributed by atoms with van der Waals surface area (Å²) in [6.45, 7) is 1.13. The number of thioether (sulfide) groups is 1. The van der Waals surface area contributed by atoms with Gasteiger partial charge in [0.15, 0.2) is 0 Å². The molecule has 29 heavy (non-hydrogen) atoms. The Kier molecular flexibility index (Phi) is 6.83. The van der Waals surface area contributed by atoms with Gasteiger partial charge in [-0.3, -0.25) is 9.59 Å². The number of nitrogens with one attached hydrogen (secondary N) is 2. The minimum Gasteiger partial charge on any atom is -0.326 e. The van der Waals surface area contributed by atoms with E-state index >= 15 is 0 Å². The molecule has 0 aliphatic carbocycles. The molecule has 4 nitrogen and oxygen atoms in total. The number of benzene rings is 2. The molecule has 0 bridgehead atoms. The van der Waals surface area contributed by atoms with E-state index in [-0.39, 0.29) is 10.6 Å². The second-order valence-electron chi connectivity index (χ2n) is 5.80. The summed E-state index contributed by atoms with van der Waals surface area (Å²) in [5.41, 5.74) is -2.68. The van der Waals surface area contributed by atoms with Gasteiger partial charge in [-0.25, -0.2) is 0 Å². The zero-order valence-corrected chi connectivity index (χ0v) is 15.6. The van der Waals surface area contributed by atoms with E-state index in [1.54, 1.807) is 0 Å². The van der Waals surface area contributed by atoms with Crippen molar-refractivity contribution < 1.29 is 35.9 Å². The molecule has 0 unspecified atom stereocenters. The molecule has 0 fully saturated rings. The van der Waals surface area contributed by atoms with Crippen LogP contribution < -0.4 is 10.6 Å². The normalized spacial score (nSPS) is 11.8. The Labute approximate surface area is 165 Å². The van der Waals surface area contributed by atoms with Crippen LogP contribution in [-0.4, -0.2) is 17.6 Å². The second kappa shape index (κ2) is 8.76. The third kappa shape index (κ3) is 6.70. The van der Waals surface area contributed by atoms with Crippen LogP contribution in [0.3, 0.4) is 0 Å². The van der Waals surface area contributed by atoms with Gasteiger partial charge in [-0.05, 0) is 36.4 Å². The van der Waals surface area contributed by atoms with Crippen LogP contribution in [0.1, 0.15) is 18.1 Å². The first-order valence-electron chi connectivity index (χ1n) is 7.95. The number of carbonyl (C=O) groups excluding carboxylic acids is 2. The number of hydrogen-bond acceptors (Lipinski definition) is 3. The van der Waals surface area contributed by atoms with E-state index in [4.69, 9.17) is 0 Å². The van der Waals surface area contributed by atoms with Crippen molar-refractivity contribution in [2.45, 2.75) is 24.2 Å². The van der Waals surface area contributed by atoms with E-state index in [9.17, 15) is 35.9 Å². The van der Waals surface area contributed by atoms with Crippen molar-refractivity contribution in [1.82, 2.24) is 0 Å². The van der Waals surface area contributed by atoms with Crippen LogP contribution in [0.2, 0.25) is 0 Å². The largest absolute Gasteiger partial charge is 0.418 e. The molecule has 0 atom stereocenters. The molecule has 2 amide bonds. The van der Waals surface area contributed by atoms with Crippen LogP contribution in [0.5, 0.6) is 0 Å². The summed E-state index contributed by atoms with van der Waals surface area (Å²) in [7, 11) is 0. The number of alkyl halides is 6. The Hall–Kier alpha value is -2.69. The Morgan fingerprint density at radius 3 is 2.21 bits per heavy atom. The lowest BCUT2D eigenvalue weighted by Crippen LogP contribution is -2.18. The van der Waals surface area contributed by atoms with Crippen molar-refractivity contribution in [2.75, 3.05) is 16.4 Å². The highest BCUT2D eigenvalue weighted by molar-refractivity contribution is 8.00. The van der Waals surface area contributed by atoms with Crippen molar-refractivity contribution in [3.63, 3.8) is 0 Å². The smallest absolute Gasteiger partial charge is 0.326 e. The molecule has 2 aromatic rings. The highest BCUT2D eigenvalue weighted by Crippen LogP contribution is 2.37. The van der Waals surface area contributed by atoms with E-state index in [1.807, 2.05) is 0 Å². The fraction of sp³-hybridized carbons (Fsp3) is 0.222. The van der Waals surface area contributed by atoms with E-state index < -0.39 is 46.7 Å². The van der Waals surface area contributed by atoms with Crippen molar-refractivity contribution in [2.24, 2.45) is 0 Å². The maximum atomic E-state index is 13.2. The molecule has 0 saturated carbocycles. The standard InChI is InChI=1S/C18H14F6N2O2S/c1-10(27)25-12-5-6-15(14(8-12)18(22,23)24)26-16(28)9-29-13-4-2-3-11(7-13)17(19,20)21/h2-8H,9H2,1H3,(H,25,27)(H,26,28). The van der Waals surface area contributed by atoms with E-state index in [1.165, 1.54) is 18.2 Å². The topological polar surface area (TPSA) is 58.2 Å².